The zero-order valence-corrected chi connectivity index (χ0v) is 9.86. The first-order chi connectivity index (χ1) is 8.11. The molecule has 1 saturated heterocycles. The highest BCUT2D eigenvalue weighted by Gasteiger charge is 2.30. The molecule has 0 radical (unpaired) electrons. The van der Waals surface area contributed by atoms with Crippen LogP contribution >= 0.6 is 0 Å². The van der Waals surface area contributed by atoms with Gasteiger partial charge in [-0.25, -0.2) is 0 Å². The van der Waals surface area contributed by atoms with Gasteiger partial charge in [0.25, 0.3) is 0 Å². The lowest BCUT2D eigenvalue weighted by atomic mass is 9.91. The number of hydrogen-bond donors (Lipinski definition) is 0. The van der Waals surface area contributed by atoms with Crippen molar-refractivity contribution in [3.05, 3.63) is 29.3 Å². The summed E-state index contributed by atoms with van der Waals surface area (Å²) < 4.78 is 9.80. The quantitative estimate of drug-likeness (QED) is 0.579. The number of aryl methyl sites for hydroxylation is 1. The number of hydrogen-bond acceptors (Lipinski definition) is 4. The summed E-state index contributed by atoms with van der Waals surface area (Å²) in [5.41, 5.74) is 1.84. The highest BCUT2D eigenvalue weighted by atomic mass is 16.6. The maximum atomic E-state index is 11.6. The second-order valence-corrected chi connectivity index (χ2v) is 4.11. The minimum Gasteiger partial charge on any atom is -0.496 e. The highest BCUT2D eigenvalue weighted by molar-refractivity contribution is 5.92. The standard InChI is InChI=1S/C13H14O4/c1-8-7-9(3-5-11(8)16-2)10-4-6-12(14)17-13(10)15/h3,5,7,10H,4,6H2,1-2H3. The largest absolute Gasteiger partial charge is 0.496 e. The van der Waals surface area contributed by atoms with Crippen LogP contribution in [0, 0.1) is 6.92 Å². The monoisotopic (exact) mass is 234 g/mol. The third-order valence-corrected chi connectivity index (χ3v) is 2.96. The zero-order valence-electron chi connectivity index (χ0n) is 9.86. The lowest BCUT2D eigenvalue weighted by molar-refractivity contribution is -0.164. The Morgan fingerprint density at radius 2 is 2.12 bits per heavy atom. The molecule has 4 heteroatoms. The molecule has 1 aromatic carbocycles. The molecule has 1 aliphatic rings. The number of carbonyl (C=O) groups is 2. The van der Waals surface area contributed by atoms with Crippen molar-refractivity contribution in [3.63, 3.8) is 0 Å². The van der Waals surface area contributed by atoms with Gasteiger partial charge in [-0.2, -0.15) is 0 Å². The summed E-state index contributed by atoms with van der Waals surface area (Å²) in [6, 6.07) is 5.57. The van der Waals surface area contributed by atoms with E-state index in [1.807, 2.05) is 25.1 Å². The molecule has 1 heterocycles. The van der Waals surface area contributed by atoms with E-state index in [1.165, 1.54) is 0 Å². The smallest absolute Gasteiger partial charge is 0.321 e. The van der Waals surface area contributed by atoms with Crippen LogP contribution in [0.2, 0.25) is 0 Å². The predicted molar refractivity (Wildman–Crippen MR) is 60.8 cm³/mol. The van der Waals surface area contributed by atoms with E-state index in [-0.39, 0.29) is 5.92 Å². The van der Waals surface area contributed by atoms with Gasteiger partial charge in [0.2, 0.25) is 0 Å². The number of benzene rings is 1. The van der Waals surface area contributed by atoms with Crippen LogP contribution in [0.4, 0.5) is 0 Å². The Labute approximate surface area is 99.5 Å². The Balaban J connectivity index is 2.25. The second-order valence-electron chi connectivity index (χ2n) is 4.11. The molecule has 0 aromatic heterocycles. The molecule has 0 aliphatic carbocycles. The molecule has 0 amide bonds. The summed E-state index contributed by atoms with van der Waals surface area (Å²) in [7, 11) is 1.61. The van der Waals surface area contributed by atoms with E-state index >= 15 is 0 Å². The van der Waals surface area contributed by atoms with Crippen LogP contribution in [0.3, 0.4) is 0 Å². The van der Waals surface area contributed by atoms with Crippen molar-refractivity contribution >= 4 is 11.9 Å². The minimum absolute atomic E-state index is 0.293. The van der Waals surface area contributed by atoms with Gasteiger partial charge >= 0.3 is 11.9 Å². The second kappa shape index (κ2) is 4.57. The van der Waals surface area contributed by atoms with Crippen molar-refractivity contribution < 1.29 is 19.1 Å². The molecule has 0 spiro atoms. The van der Waals surface area contributed by atoms with Crippen molar-refractivity contribution in [2.45, 2.75) is 25.7 Å². The Hall–Kier alpha value is -1.84. The fourth-order valence-electron chi connectivity index (χ4n) is 2.04. The molecule has 1 aliphatic heterocycles. The van der Waals surface area contributed by atoms with Crippen molar-refractivity contribution in [2.75, 3.05) is 7.11 Å². The number of carbonyl (C=O) groups excluding carboxylic acids is 2. The Bertz CT molecular complexity index is 464. The SMILES string of the molecule is COc1ccc(C2CCC(=O)OC2=O)cc1C. The van der Waals surface area contributed by atoms with Gasteiger partial charge in [0.15, 0.2) is 0 Å². The van der Waals surface area contributed by atoms with E-state index in [1.54, 1.807) is 7.11 Å². The summed E-state index contributed by atoms with van der Waals surface area (Å²) in [5.74, 6) is -0.436. The fourth-order valence-corrected chi connectivity index (χ4v) is 2.04. The maximum Gasteiger partial charge on any atom is 0.321 e. The van der Waals surface area contributed by atoms with Crippen molar-refractivity contribution in [2.24, 2.45) is 0 Å². The van der Waals surface area contributed by atoms with Gasteiger partial charge < -0.3 is 9.47 Å². The zero-order chi connectivity index (χ0) is 12.4. The van der Waals surface area contributed by atoms with E-state index in [0.717, 1.165) is 16.9 Å². The molecule has 90 valence electrons. The first-order valence-corrected chi connectivity index (χ1v) is 5.51. The molecule has 0 N–H and O–H groups in total. The van der Waals surface area contributed by atoms with E-state index in [9.17, 15) is 9.59 Å². The maximum absolute atomic E-state index is 11.6. The minimum atomic E-state index is -0.453. The summed E-state index contributed by atoms with van der Waals surface area (Å²) >= 11 is 0. The van der Waals surface area contributed by atoms with Gasteiger partial charge in [0.1, 0.15) is 5.75 Å². The van der Waals surface area contributed by atoms with Gasteiger partial charge in [-0.05, 0) is 30.5 Å². The molecule has 1 fully saturated rings. The summed E-state index contributed by atoms with van der Waals surface area (Å²) in [6.45, 7) is 1.92. The molecular formula is C13H14O4. The number of rotatable bonds is 2. The van der Waals surface area contributed by atoms with Crippen molar-refractivity contribution in [1.82, 2.24) is 0 Å². The molecule has 4 nitrogen and oxygen atoms in total. The van der Waals surface area contributed by atoms with E-state index in [0.29, 0.717) is 12.8 Å². The topological polar surface area (TPSA) is 52.6 Å². The number of methoxy groups -OCH3 is 1. The van der Waals surface area contributed by atoms with Gasteiger partial charge in [0, 0.05) is 6.42 Å². The van der Waals surface area contributed by atoms with Crippen molar-refractivity contribution in [3.8, 4) is 5.75 Å². The summed E-state index contributed by atoms with van der Waals surface area (Å²) in [4.78, 5) is 22.6. The number of esters is 2. The lowest BCUT2D eigenvalue weighted by Crippen LogP contribution is -2.26. The molecule has 1 unspecified atom stereocenters. The van der Waals surface area contributed by atoms with Gasteiger partial charge in [-0.3, -0.25) is 9.59 Å². The van der Waals surface area contributed by atoms with Gasteiger partial charge in [0.05, 0.1) is 13.0 Å². The molecule has 1 atom stereocenters. The Kier molecular flexibility index (Phi) is 3.13. The number of cyclic esters (lactones) is 2. The Morgan fingerprint density at radius 1 is 1.35 bits per heavy atom. The summed E-state index contributed by atoms with van der Waals surface area (Å²) in [6.07, 6.45) is 0.810. The van der Waals surface area contributed by atoms with Crippen LogP contribution in [0.1, 0.15) is 29.9 Å². The molecule has 0 saturated carbocycles. The third-order valence-electron chi connectivity index (χ3n) is 2.96. The molecule has 17 heavy (non-hydrogen) atoms. The first kappa shape index (κ1) is 11.6. The van der Waals surface area contributed by atoms with Crippen LogP contribution in [-0.2, 0) is 14.3 Å². The Morgan fingerprint density at radius 3 is 2.71 bits per heavy atom. The van der Waals surface area contributed by atoms with Crippen LogP contribution in [0.25, 0.3) is 0 Å². The lowest BCUT2D eigenvalue weighted by Gasteiger charge is -2.20. The van der Waals surface area contributed by atoms with Crippen LogP contribution < -0.4 is 4.74 Å². The fraction of sp³-hybridized carbons (Fsp3) is 0.385. The molecule has 0 bridgehead atoms. The van der Waals surface area contributed by atoms with E-state index in [4.69, 9.17) is 4.74 Å². The van der Waals surface area contributed by atoms with Crippen LogP contribution in [0.5, 0.6) is 5.75 Å². The van der Waals surface area contributed by atoms with Gasteiger partial charge in [-0.15, -0.1) is 0 Å². The van der Waals surface area contributed by atoms with Crippen LogP contribution in [-0.4, -0.2) is 19.0 Å². The van der Waals surface area contributed by atoms with Crippen LogP contribution in [0.15, 0.2) is 18.2 Å². The van der Waals surface area contributed by atoms with Gasteiger partial charge in [-0.1, -0.05) is 12.1 Å². The average Bonchev–Trinajstić information content (AvgIpc) is 2.29. The number of ether oxygens (including phenoxy) is 2. The molecular weight excluding hydrogens is 220 g/mol. The normalized spacial score (nSPS) is 20.0. The highest BCUT2D eigenvalue weighted by Crippen LogP contribution is 2.30. The average molecular weight is 234 g/mol. The first-order valence-electron chi connectivity index (χ1n) is 5.51. The van der Waals surface area contributed by atoms with E-state index in [2.05, 4.69) is 4.74 Å². The van der Waals surface area contributed by atoms with Crippen molar-refractivity contribution in [1.29, 1.82) is 0 Å². The molecule has 1 aromatic rings. The third kappa shape index (κ3) is 2.30. The van der Waals surface area contributed by atoms with E-state index < -0.39 is 11.9 Å². The molecule has 2 rings (SSSR count). The summed E-state index contributed by atoms with van der Waals surface area (Å²) in [5, 5.41) is 0. The predicted octanol–water partition coefficient (Wildman–Crippen LogP) is 1.95.